The molecule has 0 unspecified atom stereocenters. The molecule has 0 bridgehead atoms. The Morgan fingerprint density at radius 3 is 2.68 bits per heavy atom. The van der Waals surface area contributed by atoms with Gasteiger partial charge in [-0.3, -0.25) is 15.4 Å². The first-order valence-electron chi connectivity index (χ1n) is 11.5. The van der Waals surface area contributed by atoms with Crippen LogP contribution in [0, 0.1) is 17.7 Å². The van der Waals surface area contributed by atoms with Crippen LogP contribution in [0.4, 0.5) is 5.69 Å². The van der Waals surface area contributed by atoms with Crippen LogP contribution in [-0.2, 0) is 9.47 Å². The lowest BCUT2D eigenvalue weighted by molar-refractivity contribution is 0.0550. The van der Waals surface area contributed by atoms with Crippen molar-refractivity contribution in [1.29, 1.82) is 10.8 Å². The third kappa shape index (κ3) is 6.29. The van der Waals surface area contributed by atoms with E-state index in [2.05, 4.69) is 35.7 Å². The van der Waals surface area contributed by atoms with Crippen molar-refractivity contribution in [2.75, 3.05) is 38.2 Å². The van der Waals surface area contributed by atoms with E-state index in [1.54, 1.807) is 18.5 Å². The van der Waals surface area contributed by atoms with Gasteiger partial charge in [0.2, 0.25) is 5.90 Å². The molecule has 8 heteroatoms. The molecule has 2 aromatic heterocycles. The lowest BCUT2D eigenvalue weighted by atomic mass is 10.1. The molecule has 1 aliphatic heterocycles. The number of aryl methyl sites for hydroxylation is 1. The average Bonchev–Trinajstić information content (AvgIpc) is 2.84. The molecule has 0 aromatic carbocycles. The summed E-state index contributed by atoms with van der Waals surface area (Å²) in [5.74, 6) is 0.379. The van der Waals surface area contributed by atoms with Crippen molar-refractivity contribution in [3.8, 4) is 0 Å². The zero-order chi connectivity index (χ0) is 24.7. The maximum absolute atomic E-state index is 8.78. The summed E-state index contributed by atoms with van der Waals surface area (Å²) in [5.41, 5.74) is 5.66. The van der Waals surface area contributed by atoms with Gasteiger partial charge >= 0.3 is 0 Å². The van der Waals surface area contributed by atoms with Crippen LogP contribution in [0.15, 0.2) is 48.9 Å². The molecule has 3 rings (SSSR count). The van der Waals surface area contributed by atoms with E-state index in [9.17, 15) is 0 Å². The van der Waals surface area contributed by atoms with Crippen molar-refractivity contribution in [2.24, 2.45) is 0 Å². The van der Waals surface area contributed by atoms with Crippen molar-refractivity contribution in [2.45, 2.75) is 33.6 Å². The van der Waals surface area contributed by atoms with Crippen molar-refractivity contribution in [3.63, 3.8) is 0 Å². The Bertz CT molecular complexity index is 1090. The van der Waals surface area contributed by atoms with Crippen LogP contribution in [0.2, 0.25) is 0 Å². The molecule has 0 spiro atoms. The SMILES string of the molecule is C=C(Nc1cnc(C)c(C(=N)/C=C(\C(=N)OCC)N2CCOCC2)c1)c1ccnc(C(C)C)c1. The smallest absolute Gasteiger partial charge is 0.230 e. The second-order valence-corrected chi connectivity index (χ2v) is 8.39. The molecule has 0 saturated carbocycles. The number of nitrogens with one attached hydrogen (secondary N) is 3. The van der Waals surface area contributed by atoms with Crippen LogP contribution in [0.25, 0.3) is 5.70 Å². The molecule has 1 saturated heterocycles. The molecule has 1 aliphatic rings. The van der Waals surface area contributed by atoms with Gasteiger partial charge in [-0.15, -0.1) is 0 Å². The predicted octanol–water partition coefficient (Wildman–Crippen LogP) is 4.59. The highest BCUT2D eigenvalue weighted by Gasteiger charge is 2.20. The monoisotopic (exact) mass is 462 g/mol. The Labute approximate surface area is 201 Å². The number of aromatic nitrogens is 2. The van der Waals surface area contributed by atoms with Crippen LogP contribution in [0.3, 0.4) is 0 Å². The first kappa shape index (κ1) is 25.1. The van der Waals surface area contributed by atoms with Crippen molar-refractivity contribution < 1.29 is 9.47 Å². The Morgan fingerprint density at radius 2 is 2.00 bits per heavy atom. The Balaban J connectivity index is 1.85. The summed E-state index contributed by atoms with van der Waals surface area (Å²) in [5, 5.41) is 20.4. The van der Waals surface area contributed by atoms with Crippen LogP contribution in [-0.4, -0.2) is 59.4 Å². The quantitative estimate of drug-likeness (QED) is 0.372. The van der Waals surface area contributed by atoms with Gasteiger partial charge in [-0.25, -0.2) is 0 Å². The Kier molecular flexibility index (Phi) is 8.54. The second-order valence-electron chi connectivity index (χ2n) is 8.39. The molecule has 180 valence electrons. The van der Waals surface area contributed by atoms with Gasteiger partial charge in [-0.1, -0.05) is 20.4 Å². The van der Waals surface area contributed by atoms with Crippen LogP contribution >= 0.6 is 0 Å². The fourth-order valence-electron chi connectivity index (χ4n) is 3.61. The number of rotatable bonds is 9. The van der Waals surface area contributed by atoms with Gasteiger partial charge < -0.3 is 25.1 Å². The number of nitrogens with zero attached hydrogens (tertiary/aromatic N) is 3. The lowest BCUT2D eigenvalue weighted by Crippen LogP contribution is -2.38. The first-order chi connectivity index (χ1) is 16.3. The van der Waals surface area contributed by atoms with E-state index in [1.807, 2.05) is 36.9 Å². The molecule has 8 nitrogen and oxygen atoms in total. The number of morpholine rings is 1. The average molecular weight is 463 g/mol. The highest BCUT2D eigenvalue weighted by molar-refractivity contribution is 6.11. The van der Waals surface area contributed by atoms with Gasteiger partial charge in [0.25, 0.3) is 0 Å². The fourth-order valence-corrected chi connectivity index (χ4v) is 3.61. The predicted molar refractivity (Wildman–Crippen MR) is 137 cm³/mol. The molecular weight excluding hydrogens is 428 g/mol. The zero-order valence-electron chi connectivity index (χ0n) is 20.4. The maximum atomic E-state index is 8.78. The number of hydrogen-bond acceptors (Lipinski definition) is 8. The van der Waals surface area contributed by atoms with Crippen LogP contribution < -0.4 is 5.32 Å². The van der Waals surface area contributed by atoms with Crippen LogP contribution in [0.5, 0.6) is 0 Å². The molecule has 3 N–H and O–H groups in total. The van der Waals surface area contributed by atoms with Gasteiger partial charge in [-0.2, -0.15) is 0 Å². The molecular formula is C26H34N6O2. The summed E-state index contributed by atoms with van der Waals surface area (Å²) in [6.45, 7) is 15.0. The summed E-state index contributed by atoms with van der Waals surface area (Å²) < 4.78 is 10.9. The molecule has 0 amide bonds. The molecule has 0 atom stereocenters. The van der Waals surface area contributed by atoms with E-state index >= 15 is 0 Å². The number of anilines is 1. The number of hydrogen-bond donors (Lipinski definition) is 3. The van der Waals surface area contributed by atoms with Gasteiger partial charge in [0.05, 0.1) is 37.4 Å². The summed E-state index contributed by atoms with van der Waals surface area (Å²) in [6, 6.07) is 5.84. The topological polar surface area (TPSA) is 107 Å². The molecule has 0 radical (unpaired) electrons. The van der Waals surface area contributed by atoms with Crippen molar-refractivity contribution in [3.05, 3.63) is 71.5 Å². The molecule has 0 aliphatic carbocycles. The Morgan fingerprint density at radius 1 is 1.26 bits per heavy atom. The van der Waals surface area contributed by atoms with E-state index in [0.29, 0.717) is 50.1 Å². The van der Waals surface area contributed by atoms with Crippen molar-refractivity contribution in [1.82, 2.24) is 14.9 Å². The summed E-state index contributed by atoms with van der Waals surface area (Å²) in [4.78, 5) is 10.9. The molecule has 3 heterocycles. The highest BCUT2D eigenvalue weighted by atomic mass is 16.5. The maximum Gasteiger partial charge on any atom is 0.230 e. The normalized spacial score (nSPS) is 14.1. The van der Waals surface area contributed by atoms with Gasteiger partial charge in [0, 0.05) is 47.5 Å². The zero-order valence-corrected chi connectivity index (χ0v) is 20.4. The standard InChI is InChI=1S/C26H34N6O2/c1-6-34-26(28)25(32-9-11-33-12-10-32)15-23(27)22-14-21(16-30-19(22)5)31-18(4)20-7-8-29-24(13-20)17(2)3/h7-8,13-17,27-28,31H,4,6,9-12H2,1-3,5H3/b25-15+,27-23?,28-26?. The van der Waals surface area contributed by atoms with Crippen LogP contribution in [0.1, 0.15) is 49.2 Å². The molecule has 1 fully saturated rings. The summed E-state index contributed by atoms with van der Waals surface area (Å²) in [7, 11) is 0. The summed E-state index contributed by atoms with van der Waals surface area (Å²) in [6.07, 6.45) is 5.21. The summed E-state index contributed by atoms with van der Waals surface area (Å²) >= 11 is 0. The fraction of sp³-hybridized carbons (Fsp3) is 0.385. The minimum atomic E-state index is 0.0565. The van der Waals surface area contributed by atoms with E-state index in [1.165, 1.54) is 0 Å². The number of ether oxygens (including phenoxy) is 2. The molecule has 2 aromatic rings. The van der Waals surface area contributed by atoms with Gasteiger partial charge in [0.15, 0.2) is 0 Å². The van der Waals surface area contributed by atoms with E-state index in [4.69, 9.17) is 20.3 Å². The van der Waals surface area contributed by atoms with Gasteiger partial charge in [0.1, 0.15) is 5.70 Å². The number of pyridine rings is 2. The second kappa shape index (κ2) is 11.6. The first-order valence-corrected chi connectivity index (χ1v) is 11.5. The van der Waals surface area contributed by atoms with E-state index in [0.717, 1.165) is 28.3 Å². The number of allylic oxidation sites excluding steroid dienone is 1. The van der Waals surface area contributed by atoms with Crippen molar-refractivity contribution >= 4 is 23.0 Å². The van der Waals surface area contributed by atoms with Gasteiger partial charge in [-0.05, 0) is 44.0 Å². The Hall–Kier alpha value is -3.52. The van der Waals surface area contributed by atoms with E-state index < -0.39 is 0 Å². The third-order valence-corrected chi connectivity index (χ3v) is 5.55. The highest BCUT2D eigenvalue weighted by Crippen LogP contribution is 2.22. The minimum Gasteiger partial charge on any atom is -0.477 e. The minimum absolute atomic E-state index is 0.0565. The largest absolute Gasteiger partial charge is 0.477 e. The van der Waals surface area contributed by atoms with E-state index in [-0.39, 0.29) is 11.6 Å². The lowest BCUT2D eigenvalue weighted by Gasteiger charge is -2.31. The molecule has 34 heavy (non-hydrogen) atoms. The third-order valence-electron chi connectivity index (χ3n) is 5.55.